The molecule has 0 aromatic heterocycles. The molecule has 1 nitrogen and oxygen atoms in total. The van der Waals surface area contributed by atoms with E-state index in [1.807, 2.05) is 12.0 Å². The van der Waals surface area contributed by atoms with Gasteiger partial charge in [0.1, 0.15) is 6.10 Å². The molecular formula is C10H8ClFO. The molecule has 0 amide bonds. The average Bonchev–Trinajstić information content (AvgIpc) is 2.15. The quantitative estimate of drug-likeness (QED) is 0.542. The van der Waals surface area contributed by atoms with E-state index >= 15 is 0 Å². The van der Waals surface area contributed by atoms with Crippen molar-refractivity contribution < 1.29 is 9.50 Å². The van der Waals surface area contributed by atoms with Crippen LogP contribution in [-0.4, -0.2) is 10.7 Å². The van der Waals surface area contributed by atoms with Gasteiger partial charge >= 0.3 is 0 Å². The van der Waals surface area contributed by atoms with E-state index in [0.29, 0.717) is 5.56 Å². The van der Waals surface area contributed by atoms with Gasteiger partial charge < -0.3 is 5.11 Å². The standard InChI is InChI=1S/C10H8ClFO/c11-10(12)7-6-9(13)8-4-2-1-3-5-8/h1-5,9-10,13H. The van der Waals surface area contributed by atoms with Gasteiger partial charge in [0.2, 0.25) is 5.63 Å². The maximum atomic E-state index is 12.1. The molecule has 0 spiro atoms. The molecule has 0 bridgehead atoms. The molecule has 1 N–H and O–H groups in total. The number of aliphatic hydroxyl groups is 1. The van der Waals surface area contributed by atoms with Gasteiger partial charge in [-0.3, -0.25) is 0 Å². The lowest BCUT2D eigenvalue weighted by molar-refractivity contribution is 0.238. The van der Waals surface area contributed by atoms with Gasteiger partial charge in [-0.05, 0) is 11.5 Å². The van der Waals surface area contributed by atoms with Gasteiger partial charge in [-0.2, -0.15) is 0 Å². The third-order valence-corrected chi connectivity index (χ3v) is 1.55. The molecule has 0 aliphatic heterocycles. The largest absolute Gasteiger partial charge is 0.376 e. The molecule has 68 valence electrons. The minimum atomic E-state index is -1.72. The van der Waals surface area contributed by atoms with Crippen molar-refractivity contribution in [2.24, 2.45) is 0 Å². The topological polar surface area (TPSA) is 20.2 Å². The van der Waals surface area contributed by atoms with Gasteiger partial charge in [-0.25, -0.2) is 4.39 Å². The van der Waals surface area contributed by atoms with Crippen molar-refractivity contribution in [2.45, 2.75) is 11.7 Å². The zero-order valence-corrected chi connectivity index (χ0v) is 7.50. The fraction of sp³-hybridized carbons (Fsp3) is 0.200. The molecule has 0 fully saturated rings. The summed E-state index contributed by atoms with van der Waals surface area (Å²) in [6, 6.07) is 8.78. The van der Waals surface area contributed by atoms with E-state index in [4.69, 9.17) is 11.6 Å². The summed E-state index contributed by atoms with van der Waals surface area (Å²) >= 11 is 4.96. The van der Waals surface area contributed by atoms with Crippen LogP contribution in [0.3, 0.4) is 0 Å². The molecule has 3 heteroatoms. The average molecular weight is 199 g/mol. The normalized spacial score (nSPS) is 14.1. The van der Waals surface area contributed by atoms with E-state index in [9.17, 15) is 9.50 Å². The second kappa shape index (κ2) is 4.86. The Labute approximate surface area is 81.2 Å². The predicted octanol–water partition coefficient (Wildman–Crippen LogP) is 2.26. The van der Waals surface area contributed by atoms with Crippen molar-refractivity contribution in [3.63, 3.8) is 0 Å². The fourth-order valence-corrected chi connectivity index (χ4v) is 0.924. The Morgan fingerprint density at radius 3 is 2.38 bits per heavy atom. The summed E-state index contributed by atoms with van der Waals surface area (Å²) in [5.41, 5.74) is -1.09. The molecule has 1 rings (SSSR count). The number of hydrogen-bond donors (Lipinski definition) is 1. The Balaban J connectivity index is 2.71. The Kier molecular flexibility index (Phi) is 3.75. The van der Waals surface area contributed by atoms with Crippen LogP contribution in [-0.2, 0) is 0 Å². The van der Waals surface area contributed by atoms with Crippen LogP contribution in [0.4, 0.5) is 4.39 Å². The summed E-state index contributed by atoms with van der Waals surface area (Å²) in [6.45, 7) is 0. The monoisotopic (exact) mass is 198 g/mol. The van der Waals surface area contributed by atoms with Gasteiger partial charge in [0.25, 0.3) is 0 Å². The van der Waals surface area contributed by atoms with Crippen molar-refractivity contribution in [2.75, 3.05) is 0 Å². The van der Waals surface area contributed by atoms with Crippen LogP contribution in [0.1, 0.15) is 11.7 Å². The van der Waals surface area contributed by atoms with Crippen molar-refractivity contribution in [1.82, 2.24) is 0 Å². The lowest BCUT2D eigenvalue weighted by Crippen LogP contribution is -1.93. The van der Waals surface area contributed by atoms with Gasteiger partial charge in [0.05, 0.1) is 0 Å². The van der Waals surface area contributed by atoms with Crippen LogP contribution in [0.2, 0.25) is 0 Å². The first-order chi connectivity index (χ1) is 6.20. The van der Waals surface area contributed by atoms with E-state index in [0.717, 1.165) is 0 Å². The van der Waals surface area contributed by atoms with E-state index < -0.39 is 11.7 Å². The molecule has 1 aromatic carbocycles. The molecule has 0 saturated heterocycles. The summed E-state index contributed by atoms with van der Waals surface area (Å²) in [4.78, 5) is 0. The Morgan fingerprint density at radius 2 is 1.85 bits per heavy atom. The van der Waals surface area contributed by atoms with Gasteiger partial charge in [-0.1, -0.05) is 47.9 Å². The van der Waals surface area contributed by atoms with E-state index in [-0.39, 0.29) is 0 Å². The van der Waals surface area contributed by atoms with Crippen LogP contribution in [0.5, 0.6) is 0 Å². The molecule has 0 radical (unpaired) electrons. The van der Waals surface area contributed by atoms with E-state index in [1.165, 1.54) is 0 Å². The van der Waals surface area contributed by atoms with E-state index in [2.05, 4.69) is 5.92 Å². The molecule has 2 atom stereocenters. The molecule has 0 aliphatic carbocycles. The summed E-state index contributed by atoms with van der Waals surface area (Å²) in [7, 11) is 0. The van der Waals surface area contributed by atoms with Crippen LogP contribution in [0.25, 0.3) is 0 Å². The maximum absolute atomic E-state index is 12.1. The Morgan fingerprint density at radius 1 is 1.23 bits per heavy atom. The second-order valence-corrected chi connectivity index (χ2v) is 2.79. The van der Waals surface area contributed by atoms with Gasteiger partial charge in [0.15, 0.2) is 0 Å². The van der Waals surface area contributed by atoms with Crippen LogP contribution in [0, 0.1) is 11.8 Å². The first kappa shape index (κ1) is 10.0. The van der Waals surface area contributed by atoms with Gasteiger partial charge in [-0.15, -0.1) is 0 Å². The lowest BCUT2D eigenvalue weighted by Gasteiger charge is -2.01. The highest BCUT2D eigenvalue weighted by atomic mass is 35.5. The smallest absolute Gasteiger partial charge is 0.234 e. The molecule has 0 aliphatic rings. The highest BCUT2D eigenvalue weighted by Gasteiger charge is 2.01. The van der Waals surface area contributed by atoms with E-state index in [1.54, 1.807) is 24.3 Å². The molecule has 1 aromatic rings. The number of alkyl halides is 2. The third kappa shape index (κ3) is 3.45. The first-order valence-corrected chi connectivity index (χ1v) is 4.16. The minimum Gasteiger partial charge on any atom is -0.376 e. The summed E-state index contributed by atoms with van der Waals surface area (Å²) in [5, 5.41) is 9.37. The van der Waals surface area contributed by atoms with Crippen LogP contribution < -0.4 is 0 Å². The summed E-state index contributed by atoms with van der Waals surface area (Å²) in [5.74, 6) is 4.34. The number of benzene rings is 1. The minimum absolute atomic E-state index is 0.632. The van der Waals surface area contributed by atoms with Crippen LogP contribution in [0.15, 0.2) is 30.3 Å². The number of aliphatic hydroxyl groups excluding tert-OH is 1. The maximum Gasteiger partial charge on any atom is 0.234 e. The third-order valence-electron chi connectivity index (χ3n) is 1.44. The second-order valence-electron chi connectivity index (χ2n) is 2.40. The van der Waals surface area contributed by atoms with Gasteiger partial charge in [0, 0.05) is 0 Å². The Hall–Kier alpha value is -1.04. The molecule has 13 heavy (non-hydrogen) atoms. The number of halogens is 2. The summed E-state index contributed by atoms with van der Waals surface area (Å²) < 4.78 is 12.1. The number of rotatable bonds is 1. The lowest BCUT2D eigenvalue weighted by atomic mass is 10.1. The Bertz CT molecular complexity index is 313. The predicted molar refractivity (Wildman–Crippen MR) is 49.9 cm³/mol. The molecule has 0 heterocycles. The molecular weight excluding hydrogens is 191 g/mol. The SMILES string of the molecule is OC(C#CC(F)Cl)c1ccccc1. The molecule has 0 saturated carbocycles. The zero-order valence-electron chi connectivity index (χ0n) is 6.74. The van der Waals surface area contributed by atoms with Crippen molar-refractivity contribution in [1.29, 1.82) is 0 Å². The highest BCUT2D eigenvalue weighted by Crippen LogP contribution is 2.10. The number of hydrogen-bond acceptors (Lipinski definition) is 1. The first-order valence-electron chi connectivity index (χ1n) is 3.72. The summed E-state index contributed by atoms with van der Waals surface area (Å²) in [6.07, 6.45) is -0.974. The van der Waals surface area contributed by atoms with Crippen molar-refractivity contribution in [3.8, 4) is 11.8 Å². The molecule has 2 unspecified atom stereocenters. The van der Waals surface area contributed by atoms with Crippen LogP contribution >= 0.6 is 11.6 Å². The fourth-order valence-electron chi connectivity index (χ4n) is 0.861. The van der Waals surface area contributed by atoms with Crippen molar-refractivity contribution in [3.05, 3.63) is 35.9 Å². The zero-order chi connectivity index (χ0) is 9.68. The van der Waals surface area contributed by atoms with Crippen molar-refractivity contribution >= 4 is 11.6 Å². The highest BCUT2D eigenvalue weighted by molar-refractivity contribution is 6.21.